The van der Waals surface area contributed by atoms with Crippen LogP contribution >= 0.6 is 0 Å². The number of carboxylic acid groups (broad SMARTS) is 1. The lowest BCUT2D eigenvalue weighted by Crippen LogP contribution is -2.44. The molecule has 5 N–H and O–H groups in total. The van der Waals surface area contributed by atoms with Crippen LogP contribution in [-0.2, 0) is 22.6 Å². The predicted molar refractivity (Wildman–Crippen MR) is 134 cm³/mol. The SMILES string of the molecule is CNC(=O)/C=C/CCC(NC(=O)O)C(=O)Nc1cncn(Cc2nc3cc(F)cc(CCC(F)(F)F)c3[nH]2)c1=O. The molecule has 3 rings (SSSR count). The van der Waals surface area contributed by atoms with Crippen molar-refractivity contribution in [2.75, 3.05) is 12.4 Å². The lowest BCUT2D eigenvalue weighted by Gasteiger charge is -2.16. The Labute approximate surface area is 223 Å². The number of hydrogen-bond acceptors (Lipinski definition) is 6. The molecule has 3 aromatic rings. The van der Waals surface area contributed by atoms with Gasteiger partial charge in [0.05, 0.1) is 30.1 Å². The maximum atomic E-state index is 14.0. The Balaban J connectivity index is 1.78. The normalized spacial score (nSPS) is 12.4. The van der Waals surface area contributed by atoms with E-state index in [1.807, 2.05) is 5.32 Å². The van der Waals surface area contributed by atoms with E-state index >= 15 is 0 Å². The number of nitrogens with zero attached hydrogens (tertiary/aromatic N) is 3. The van der Waals surface area contributed by atoms with E-state index in [1.165, 1.54) is 19.2 Å². The highest BCUT2D eigenvalue weighted by Crippen LogP contribution is 2.26. The molecule has 1 unspecified atom stereocenters. The van der Waals surface area contributed by atoms with E-state index < -0.39 is 48.4 Å². The summed E-state index contributed by atoms with van der Waals surface area (Å²) in [6, 6.07) is 0.764. The highest BCUT2D eigenvalue weighted by atomic mass is 19.4. The Kier molecular flexibility index (Phi) is 9.58. The van der Waals surface area contributed by atoms with Gasteiger partial charge in [0.1, 0.15) is 23.4 Å². The molecule has 0 radical (unpaired) electrons. The largest absolute Gasteiger partial charge is 0.465 e. The van der Waals surface area contributed by atoms with Crippen LogP contribution in [0.2, 0.25) is 0 Å². The first kappa shape index (κ1) is 29.8. The molecule has 2 aromatic heterocycles. The molecule has 40 heavy (non-hydrogen) atoms. The molecular weight excluding hydrogens is 542 g/mol. The summed E-state index contributed by atoms with van der Waals surface area (Å²) in [5.41, 5.74) is -0.677. The molecule has 12 nitrogen and oxygen atoms in total. The molecule has 0 saturated heterocycles. The summed E-state index contributed by atoms with van der Waals surface area (Å²) in [6.07, 6.45) is -2.54. The highest BCUT2D eigenvalue weighted by Gasteiger charge is 2.27. The quantitative estimate of drug-likeness (QED) is 0.175. The van der Waals surface area contributed by atoms with Crippen LogP contribution in [0.15, 0.2) is 41.6 Å². The van der Waals surface area contributed by atoms with Gasteiger partial charge in [0, 0.05) is 19.5 Å². The van der Waals surface area contributed by atoms with E-state index in [2.05, 4.69) is 25.6 Å². The van der Waals surface area contributed by atoms with E-state index in [1.54, 1.807) is 0 Å². The number of imidazole rings is 1. The second-order valence-electron chi connectivity index (χ2n) is 8.58. The number of halogens is 4. The van der Waals surface area contributed by atoms with Crippen LogP contribution in [0.25, 0.3) is 11.0 Å². The van der Waals surface area contributed by atoms with Crippen LogP contribution in [0.5, 0.6) is 0 Å². The fourth-order valence-electron chi connectivity index (χ4n) is 3.73. The Hall–Kier alpha value is -4.76. The van der Waals surface area contributed by atoms with Crippen molar-refractivity contribution < 1.29 is 37.1 Å². The van der Waals surface area contributed by atoms with Crippen LogP contribution < -0.4 is 21.5 Å². The van der Waals surface area contributed by atoms with Gasteiger partial charge in [0.2, 0.25) is 11.8 Å². The monoisotopic (exact) mass is 567 g/mol. The fraction of sp³-hybridized carbons (Fsp3) is 0.333. The minimum atomic E-state index is -4.44. The zero-order chi connectivity index (χ0) is 29.4. The molecule has 214 valence electrons. The standard InChI is InChI=1S/C24H25F4N7O5/c1-29-19(36)5-3-2-4-15(33-23(39)40)21(37)32-17-10-30-12-35(22(17)38)11-18-31-16-9-14(25)8-13(20(16)34-18)6-7-24(26,27)28/h3,5,8-10,12,15,33H,2,4,6-7,11H2,1H3,(H,29,36)(H,31,34)(H,32,37)(H,39,40)/b5-3+. The van der Waals surface area contributed by atoms with Gasteiger partial charge in [-0.15, -0.1) is 0 Å². The van der Waals surface area contributed by atoms with Crippen molar-refractivity contribution in [3.05, 3.63) is 64.4 Å². The summed E-state index contributed by atoms with van der Waals surface area (Å²) in [6.45, 7) is -0.244. The second-order valence-corrected chi connectivity index (χ2v) is 8.58. The number of anilines is 1. The van der Waals surface area contributed by atoms with Gasteiger partial charge in [0.25, 0.3) is 5.56 Å². The smallest absolute Gasteiger partial charge is 0.405 e. The van der Waals surface area contributed by atoms with E-state index in [9.17, 15) is 36.7 Å². The van der Waals surface area contributed by atoms with Gasteiger partial charge in [-0.25, -0.2) is 19.2 Å². The maximum absolute atomic E-state index is 14.0. The Morgan fingerprint density at radius 3 is 2.67 bits per heavy atom. The number of aryl methyl sites for hydroxylation is 1. The minimum absolute atomic E-state index is 0.0215. The number of fused-ring (bicyclic) bond motifs is 1. The third-order valence-corrected chi connectivity index (χ3v) is 5.60. The highest BCUT2D eigenvalue weighted by molar-refractivity contribution is 5.96. The summed E-state index contributed by atoms with van der Waals surface area (Å²) < 4.78 is 53.1. The van der Waals surface area contributed by atoms with E-state index in [0.717, 1.165) is 29.2 Å². The van der Waals surface area contributed by atoms with Crippen molar-refractivity contribution in [3.63, 3.8) is 0 Å². The molecule has 1 aromatic carbocycles. The molecular formula is C24H25F4N7O5. The molecule has 0 spiro atoms. The number of benzene rings is 1. The first-order valence-electron chi connectivity index (χ1n) is 11.8. The Morgan fingerprint density at radius 1 is 1.25 bits per heavy atom. The number of allylic oxidation sites excluding steroid dienone is 1. The average Bonchev–Trinajstić information content (AvgIpc) is 3.28. The first-order chi connectivity index (χ1) is 18.9. The summed E-state index contributed by atoms with van der Waals surface area (Å²) in [7, 11) is 1.43. The molecule has 0 aliphatic carbocycles. The van der Waals surface area contributed by atoms with Crippen molar-refractivity contribution in [2.24, 2.45) is 0 Å². The lowest BCUT2D eigenvalue weighted by atomic mass is 10.1. The third kappa shape index (κ3) is 8.37. The van der Waals surface area contributed by atoms with Crippen molar-refractivity contribution in [2.45, 2.75) is 44.4 Å². The number of nitrogens with one attached hydrogen (secondary N) is 4. The third-order valence-electron chi connectivity index (χ3n) is 5.60. The van der Waals surface area contributed by atoms with Gasteiger partial charge < -0.3 is 26.0 Å². The number of aromatic nitrogens is 4. The number of alkyl halides is 3. The van der Waals surface area contributed by atoms with E-state index in [4.69, 9.17) is 5.11 Å². The zero-order valence-corrected chi connectivity index (χ0v) is 21.0. The Morgan fingerprint density at radius 2 is 2.00 bits per heavy atom. The summed E-state index contributed by atoms with van der Waals surface area (Å²) in [5.74, 6) is -1.87. The van der Waals surface area contributed by atoms with Gasteiger partial charge in [-0.3, -0.25) is 19.0 Å². The fourth-order valence-corrected chi connectivity index (χ4v) is 3.73. The molecule has 2 heterocycles. The summed E-state index contributed by atoms with van der Waals surface area (Å²) in [5, 5.41) is 15.8. The average molecular weight is 568 g/mol. The topological polar surface area (TPSA) is 171 Å². The lowest BCUT2D eigenvalue weighted by molar-refractivity contribution is -0.134. The Bertz CT molecular complexity index is 1480. The van der Waals surface area contributed by atoms with Crippen molar-refractivity contribution in [1.82, 2.24) is 30.2 Å². The van der Waals surface area contributed by atoms with Gasteiger partial charge >= 0.3 is 12.3 Å². The summed E-state index contributed by atoms with van der Waals surface area (Å²) >= 11 is 0. The first-order valence-corrected chi connectivity index (χ1v) is 11.8. The van der Waals surface area contributed by atoms with Crippen molar-refractivity contribution in [1.29, 1.82) is 0 Å². The molecule has 3 amide bonds. The number of amides is 3. The number of carbonyl (C=O) groups excluding carboxylic acids is 2. The molecule has 0 aliphatic heterocycles. The van der Waals surface area contributed by atoms with E-state index in [-0.39, 0.29) is 53.4 Å². The molecule has 0 fully saturated rings. The predicted octanol–water partition coefficient (Wildman–Crippen LogP) is 2.46. The van der Waals surface area contributed by atoms with Crippen LogP contribution in [-0.4, -0.2) is 61.8 Å². The van der Waals surface area contributed by atoms with Gasteiger partial charge in [-0.1, -0.05) is 6.08 Å². The molecule has 0 aliphatic rings. The maximum Gasteiger partial charge on any atom is 0.405 e. The summed E-state index contributed by atoms with van der Waals surface area (Å²) in [4.78, 5) is 59.0. The second kappa shape index (κ2) is 12.9. The van der Waals surface area contributed by atoms with Gasteiger partial charge in [0.15, 0.2) is 0 Å². The van der Waals surface area contributed by atoms with Crippen LogP contribution in [0.3, 0.4) is 0 Å². The number of aromatic amines is 1. The van der Waals surface area contributed by atoms with E-state index in [0.29, 0.717) is 0 Å². The zero-order valence-electron chi connectivity index (χ0n) is 21.0. The minimum Gasteiger partial charge on any atom is -0.465 e. The molecule has 16 heteroatoms. The number of rotatable bonds is 11. The number of likely N-dealkylation sites (N-methyl/N-ethyl adjacent to an activating group) is 1. The molecule has 1 atom stereocenters. The number of H-pyrrole nitrogens is 1. The number of hydrogen-bond donors (Lipinski definition) is 5. The van der Waals surface area contributed by atoms with Gasteiger partial charge in [-0.2, -0.15) is 13.2 Å². The number of carbonyl (C=O) groups is 3. The van der Waals surface area contributed by atoms with Crippen molar-refractivity contribution >= 4 is 34.6 Å². The van der Waals surface area contributed by atoms with Crippen LogP contribution in [0, 0.1) is 5.82 Å². The molecule has 0 saturated carbocycles. The van der Waals surface area contributed by atoms with Crippen molar-refractivity contribution in [3.8, 4) is 0 Å². The van der Waals surface area contributed by atoms with Gasteiger partial charge in [-0.05, 0) is 37.0 Å². The molecule has 0 bridgehead atoms. The van der Waals surface area contributed by atoms with Crippen LogP contribution in [0.4, 0.5) is 28.0 Å². The van der Waals surface area contributed by atoms with Crippen LogP contribution in [0.1, 0.15) is 30.7 Å².